The van der Waals surface area contributed by atoms with Gasteiger partial charge in [-0.1, -0.05) is 23.2 Å². The standard InChI is InChI=1S/C16H15Cl2F3N2O4/c1-7(2)25-15(24)13(18)26-8-4-5-10(19)9(6-8)12-11(17)14(23(3)22-12)27-16(20)21/h4-7,13,16H,1-3H3. The summed E-state index contributed by atoms with van der Waals surface area (Å²) in [6.45, 7) is 0.147. The summed E-state index contributed by atoms with van der Waals surface area (Å²) < 4.78 is 54.5. The van der Waals surface area contributed by atoms with Crippen LogP contribution in [0.25, 0.3) is 11.3 Å². The number of hydrogen-bond acceptors (Lipinski definition) is 5. The number of carbonyl (C=O) groups is 1. The topological polar surface area (TPSA) is 62.6 Å². The predicted molar refractivity (Wildman–Crippen MR) is 91.7 cm³/mol. The van der Waals surface area contributed by atoms with Crippen LogP contribution in [0.4, 0.5) is 13.2 Å². The third kappa shape index (κ3) is 5.20. The van der Waals surface area contributed by atoms with E-state index in [1.807, 2.05) is 0 Å². The zero-order valence-corrected chi connectivity index (χ0v) is 15.9. The van der Waals surface area contributed by atoms with E-state index in [0.29, 0.717) is 0 Å². The highest BCUT2D eigenvalue weighted by molar-refractivity contribution is 6.34. The fourth-order valence-corrected chi connectivity index (χ4v) is 2.54. The molecule has 0 amide bonds. The van der Waals surface area contributed by atoms with Crippen molar-refractivity contribution in [1.29, 1.82) is 0 Å². The number of benzene rings is 1. The molecule has 0 aliphatic carbocycles. The van der Waals surface area contributed by atoms with E-state index < -0.39 is 35.9 Å². The Hall–Kier alpha value is -2.13. The van der Waals surface area contributed by atoms with E-state index in [4.69, 9.17) is 32.7 Å². The normalized spacial score (nSPS) is 12.4. The Labute approximate surface area is 162 Å². The largest absolute Gasteiger partial charge is 0.463 e. The van der Waals surface area contributed by atoms with Crippen LogP contribution in [-0.2, 0) is 16.6 Å². The summed E-state index contributed by atoms with van der Waals surface area (Å²) in [5.41, 5.74) is -1.77. The first-order valence-corrected chi connectivity index (χ1v) is 8.40. The Morgan fingerprint density at radius 1 is 1.26 bits per heavy atom. The van der Waals surface area contributed by atoms with Crippen LogP contribution in [0, 0.1) is 5.82 Å². The molecule has 0 N–H and O–H groups in total. The maximum Gasteiger partial charge on any atom is 0.388 e. The van der Waals surface area contributed by atoms with E-state index in [1.54, 1.807) is 13.8 Å². The van der Waals surface area contributed by atoms with Gasteiger partial charge in [-0.2, -0.15) is 13.9 Å². The SMILES string of the molecule is CC(C)OC(=O)C(Cl)Oc1ccc(F)c(-c2nn(C)c(OC(F)F)c2Cl)c1. The van der Waals surface area contributed by atoms with Gasteiger partial charge in [0, 0.05) is 12.6 Å². The quantitative estimate of drug-likeness (QED) is 0.485. The number of nitrogens with zero attached hydrogens (tertiary/aromatic N) is 2. The van der Waals surface area contributed by atoms with Gasteiger partial charge in [0.15, 0.2) is 0 Å². The lowest BCUT2D eigenvalue weighted by atomic mass is 10.1. The first-order valence-electron chi connectivity index (χ1n) is 7.58. The van der Waals surface area contributed by atoms with Crippen molar-refractivity contribution in [3.05, 3.63) is 29.0 Å². The molecule has 11 heteroatoms. The molecule has 2 aromatic rings. The van der Waals surface area contributed by atoms with Crippen LogP contribution in [0.3, 0.4) is 0 Å². The summed E-state index contributed by atoms with van der Waals surface area (Å²) in [6, 6.07) is 3.43. The molecule has 1 aromatic heterocycles. The average Bonchev–Trinajstić information content (AvgIpc) is 2.83. The van der Waals surface area contributed by atoms with E-state index in [0.717, 1.165) is 10.7 Å². The summed E-state index contributed by atoms with van der Waals surface area (Å²) >= 11 is 11.8. The minimum atomic E-state index is -3.13. The minimum Gasteiger partial charge on any atom is -0.463 e. The molecule has 2 rings (SSSR count). The maximum atomic E-state index is 14.2. The van der Waals surface area contributed by atoms with Gasteiger partial charge in [-0.15, -0.1) is 0 Å². The minimum absolute atomic E-state index is 0.0187. The molecule has 1 heterocycles. The zero-order chi connectivity index (χ0) is 20.3. The van der Waals surface area contributed by atoms with Crippen LogP contribution in [0.15, 0.2) is 18.2 Å². The molecule has 27 heavy (non-hydrogen) atoms. The van der Waals surface area contributed by atoms with E-state index in [2.05, 4.69) is 9.84 Å². The molecule has 0 aliphatic heterocycles. The van der Waals surface area contributed by atoms with E-state index >= 15 is 0 Å². The molecule has 0 fully saturated rings. The zero-order valence-electron chi connectivity index (χ0n) is 14.4. The number of alkyl halides is 3. The fraction of sp³-hybridized carbons (Fsp3) is 0.375. The number of hydrogen-bond donors (Lipinski definition) is 0. The molecule has 0 spiro atoms. The van der Waals surface area contributed by atoms with Gasteiger partial charge >= 0.3 is 12.6 Å². The highest BCUT2D eigenvalue weighted by Crippen LogP contribution is 2.38. The number of esters is 1. The molecule has 0 saturated carbocycles. The Bertz CT molecular complexity index is 830. The van der Waals surface area contributed by atoms with Gasteiger partial charge in [-0.25, -0.2) is 13.9 Å². The monoisotopic (exact) mass is 426 g/mol. The van der Waals surface area contributed by atoms with Gasteiger partial charge in [-0.3, -0.25) is 0 Å². The smallest absolute Gasteiger partial charge is 0.388 e. The van der Waals surface area contributed by atoms with E-state index in [-0.39, 0.29) is 22.0 Å². The Balaban J connectivity index is 2.32. The fourth-order valence-electron chi connectivity index (χ4n) is 2.08. The van der Waals surface area contributed by atoms with Crippen LogP contribution in [0.5, 0.6) is 11.6 Å². The number of aryl methyl sites for hydroxylation is 1. The van der Waals surface area contributed by atoms with Crippen LogP contribution in [0.1, 0.15) is 13.8 Å². The Morgan fingerprint density at radius 2 is 1.93 bits per heavy atom. The van der Waals surface area contributed by atoms with Gasteiger partial charge in [0.2, 0.25) is 5.88 Å². The van der Waals surface area contributed by atoms with Crippen molar-refractivity contribution >= 4 is 29.2 Å². The number of carbonyl (C=O) groups excluding carboxylic acids is 1. The summed E-state index contributed by atoms with van der Waals surface area (Å²) in [4.78, 5) is 11.7. The highest BCUT2D eigenvalue weighted by atomic mass is 35.5. The number of rotatable bonds is 7. The van der Waals surface area contributed by atoms with Crippen molar-refractivity contribution in [1.82, 2.24) is 9.78 Å². The lowest BCUT2D eigenvalue weighted by Crippen LogP contribution is -2.26. The summed E-state index contributed by atoms with van der Waals surface area (Å²) in [6.07, 6.45) is -0.397. The Kier molecular flexibility index (Phi) is 6.83. The van der Waals surface area contributed by atoms with Crippen LogP contribution >= 0.6 is 23.2 Å². The van der Waals surface area contributed by atoms with Gasteiger partial charge in [0.05, 0.1) is 6.10 Å². The molecule has 1 aromatic carbocycles. The van der Waals surface area contributed by atoms with Gasteiger partial charge in [-0.05, 0) is 32.0 Å². The number of aromatic nitrogens is 2. The molecule has 6 nitrogen and oxygen atoms in total. The van der Waals surface area contributed by atoms with Gasteiger partial charge in [0.25, 0.3) is 5.56 Å². The summed E-state index contributed by atoms with van der Waals surface area (Å²) in [5, 5.41) is 3.59. The first-order chi connectivity index (χ1) is 12.6. The summed E-state index contributed by atoms with van der Waals surface area (Å²) in [7, 11) is 1.31. The van der Waals surface area contributed by atoms with Crippen molar-refractivity contribution in [2.24, 2.45) is 7.05 Å². The third-order valence-corrected chi connectivity index (χ3v) is 3.72. The highest BCUT2D eigenvalue weighted by Gasteiger charge is 2.24. The molecule has 0 aliphatic rings. The van der Waals surface area contributed by atoms with Crippen molar-refractivity contribution in [2.75, 3.05) is 0 Å². The summed E-state index contributed by atoms with van der Waals surface area (Å²) in [5.74, 6) is -1.98. The third-order valence-electron chi connectivity index (χ3n) is 3.11. The lowest BCUT2D eigenvalue weighted by Gasteiger charge is -2.14. The second-order valence-corrected chi connectivity index (χ2v) is 6.31. The molecule has 0 bridgehead atoms. The van der Waals surface area contributed by atoms with Crippen molar-refractivity contribution in [3.63, 3.8) is 0 Å². The van der Waals surface area contributed by atoms with Crippen LogP contribution in [-0.4, -0.2) is 34.0 Å². The molecule has 148 valence electrons. The maximum absolute atomic E-state index is 14.2. The molecule has 1 unspecified atom stereocenters. The first kappa shape index (κ1) is 21.2. The van der Waals surface area contributed by atoms with Crippen LogP contribution < -0.4 is 9.47 Å². The van der Waals surface area contributed by atoms with E-state index in [9.17, 15) is 18.0 Å². The van der Waals surface area contributed by atoms with Crippen molar-refractivity contribution in [3.8, 4) is 22.9 Å². The second-order valence-electron chi connectivity index (χ2n) is 5.53. The molecular formula is C16H15Cl2F3N2O4. The molecule has 0 radical (unpaired) electrons. The van der Waals surface area contributed by atoms with Crippen molar-refractivity contribution in [2.45, 2.75) is 32.1 Å². The lowest BCUT2D eigenvalue weighted by molar-refractivity contribution is -0.151. The van der Waals surface area contributed by atoms with Gasteiger partial charge in [0.1, 0.15) is 22.3 Å². The number of halogens is 5. The Morgan fingerprint density at radius 3 is 2.52 bits per heavy atom. The van der Waals surface area contributed by atoms with Gasteiger partial charge < -0.3 is 14.2 Å². The second kappa shape index (κ2) is 8.71. The van der Waals surface area contributed by atoms with Crippen molar-refractivity contribution < 1.29 is 32.2 Å². The molecular weight excluding hydrogens is 412 g/mol. The number of ether oxygens (including phenoxy) is 3. The molecule has 0 saturated heterocycles. The molecule has 1 atom stereocenters. The predicted octanol–water partition coefficient (Wildman–Crippen LogP) is 4.38. The average molecular weight is 427 g/mol. The van der Waals surface area contributed by atoms with Crippen LogP contribution in [0.2, 0.25) is 5.02 Å². The van der Waals surface area contributed by atoms with E-state index in [1.165, 1.54) is 19.2 Å².